The first-order valence-corrected chi connectivity index (χ1v) is 10.4. The molecule has 0 unspecified atom stereocenters. The predicted octanol–water partition coefficient (Wildman–Crippen LogP) is 0.616. The van der Waals surface area contributed by atoms with Gasteiger partial charge in [-0.05, 0) is 31.0 Å². The van der Waals surface area contributed by atoms with Gasteiger partial charge < -0.3 is 14.8 Å². The normalized spacial score (nSPS) is 21.1. The Morgan fingerprint density at radius 2 is 1.93 bits per heavy atom. The van der Waals surface area contributed by atoms with Crippen LogP contribution in [0.1, 0.15) is 32.8 Å². The monoisotopic (exact) mass is 427 g/mol. The van der Waals surface area contributed by atoms with Crippen LogP contribution in [0.4, 0.5) is 4.79 Å². The number of carbonyl (C=O) groups is 3. The van der Waals surface area contributed by atoms with Crippen LogP contribution in [-0.4, -0.2) is 46.6 Å². The van der Waals surface area contributed by atoms with E-state index in [2.05, 4.69) is 15.4 Å². The van der Waals surface area contributed by atoms with Crippen LogP contribution in [-0.2, 0) is 29.9 Å². The van der Waals surface area contributed by atoms with Crippen LogP contribution in [0.2, 0.25) is 0 Å². The number of urea groups is 1. The number of benzene rings is 1. The van der Waals surface area contributed by atoms with Gasteiger partial charge in [0.2, 0.25) is 10.0 Å². The maximum Gasteiger partial charge on any atom is 0.324 e. The second-order valence-electron chi connectivity index (χ2n) is 6.90. The van der Waals surface area contributed by atoms with Crippen LogP contribution in [0.3, 0.4) is 0 Å². The Balaban J connectivity index is 2.50. The molecule has 11 heteroatoms. The molecule has 3 N–H and O–H groups in total. The summed E-state index contributed by atoms with van der Waals surface area (Å²) in [5.41, 5.74) is -1.36. The summed E-state index contributed by atoms with van der Waals surface area (Å²) in [6, 6.07) is 2.12. The highest BCUT2D eigenvalue weighted by Gasteiger charge is 2.45. The molecule has 1 aromatic rings. The fourth-order valence-corrected chi connectivity index (χ4v) is 4.29. The lowest BCUT2D eigenvalue weighted by atomic mass is 9.91. The summed E-state index contributed by atoms with van der Waals surface area (Å²) in [7, 11) is -1.61. The number of carbonyl (C=O) groups excluding carboxylic acids is 3. The van der Waals surface area contributed by atoms with Crippen LogP contribution < -0.4 is 20.1 Å². The van der Waals surface area contributed by atoms with E-state index in [1.807, 2.05) is 6.92 Å². The largest absolute Gasteiger partial charge is 0.496 e. The molecule has 160 valence electrons. The van der Waals surface area contributed by atoms with E-state index in [1.165, 1.54) is 39.3 Å². The van der Waals surface area contributed by atoms with E-state index in [-0.39, 0.29) is 22.1 Å². The summed E-state index contributed by atoms with van der Waals surface area (Å²) in [6.45, 7) is 4.98. The van der Waals surface area contributed by atoms with Crippen LogP contribution in [0.15, 0.2) is 23.1 Å². The van der Waals surface area contributed by atoms with Crippen molar-refractivity contribution in [2.75, 3.05) is 14.2 Å². The lowest BCUT2D eigenvalue weighted by Gasteiger charge is -2.25. The first-order chi connectivity index (χ1) is 13.5. The Morgan fingerprint density at radius 1 is 1.28 bits per heavy atom. The molecule has 0 saturated carbocycles. The molecular weight excluding hydrogens is 402 g/mol. The minimum absolute atomic E-state index is 0.157. The maximum absolute atomic E-state index is 13.0. The van der Waals surface area contributed by atoms with E-state index in [1.54, 1.807) is 6.92 Å². The van der Waals surface area contributed by atoms with Gasteiger partial charge in [-0.15, -0.1) is 0 Å². The zero-order valence-electron chi connectivity index (χ0n) is 16.9. The van der Waals surface area contributed by atoms with E-state index in [0.29, 0.717) is 6.42 Å². The van der Waals surface area contributed by atoms with Crippen LogP contribution in [0, 0.1) is 5.92 Å². The molecule has 2 rings (SSSR count). The first kappa shape index (κ1) is 22.6. The Kier molecular flexibility index (Phi) is 6.53. The molecule has 0 radical (unpaired) electrons. The summed E-state index contributed by atoms with van der Waals surface area (Å²) in [6.07, 6.45) is 0.542. The number of imide groups is 1. The molecule has 1 aliphatic rings. The van der Waals surface area contributed by atoms with Gasteiger partial charge in [-0.2, -0.15) is 4.72 Å². The lowest BCUT2D eigenvalue weighted by Crippen LogP contribution is -2.45. The number of sulfonamides is 1. The van der Waals surface area contributed by atoms with Crippen molar-refractivity contribution in [2.24, 2.45) is 5.92 Å². The van der Waals surface area contributed by atoms with Gasteiger partial charge in [0.25, 0.3) is 5.91 Å². The zero-order valence-corrected chi connectivity index (χ0v) is 17.7. The van der Waals surface area contributed by atoms with E-state index < -0.39 is 39.5 Å². The van der Waals surface area contributed by atoms with Crippen molar-refractivity contribution in [3.8, 4) is 5.75 Å². The van der Waals surface area contributed by atoms with E-state index in [0.717, 1.165) is 0 Å². The van der Waals surface area contributed by atoms with Gasteiger partial charge in [0.15, 0.2) is 0 Å². The van der Waals surface area contributed by atoms with Crippen molar-refractivity contribution in [1.29, 1.82) is 0 Å². The predicted molar refractivity (Wildman–Crippen MR) is 103 cm³/mol. The first-order valence-electron chi connectivity index (χ1n) is 8.92. The quantitative estimate of drug-likeness (QED) is 0.408. The van der Waals surface area contributed by atoms with Crippen molar-refractivity contribution in [3.63, 3.8) is 0 Å². The van der Waals surface area contributed by atoms with Crippen LogP contribution in [0.25, 0.3) is 0 Å². The number of nitrogens with one attached hydrogen (secondary N) is 3. The number of amides is 3. The molecule has 0 bridgehead atoms. The third kappa shape index (κ3) is 4.35. The van der Waals surface area contributed by atoms with Gasteiger partial charge in [0, 0.05) is 5.56 Å². The fraction of sp³-hybridized carbons (Fsp3) is 0.500. The standard InChI is InChI=1S/C18H25N3O7S/c1-6-10(2)14(15(22)28-5)21-29(25,26)11-7-8-13(27-4)12(9-11)18(3)16(23)19-17(24)20-18/h7-10,14,21H,6H2,1-5H3,(H2,19,20,23,24)/t10-,14-,18-/m0/s1. The summed E-state index contributed by atoms with van der Waals surface area (Å²) in [4.78, 5) is 35.8. The van der Waals surface area contributed by atoms with Crippen LogP contribution in [0.5, 0.6) is 5.75 Å². The molecule has 3 atom stereocenters. The molecule has 1 aromatic carbocycles. The highest BCUT2D eigenvalue weighted by molar-refractivity contribution is 7.89. The van der Waals surface area contributed by atoms with Crippen molar-refractivity contribution >= 4 is 27.9 Å². The summed E-state index contributed by atoms with van der Waals surface area (Å²) in [5.74, 6) is -1.44. The van der Waals surface area contributed by atoms with Crippen molar-refractivity contribution in [2.45, 2.75) is 43.7 Å². The van der Waals surface area contributed by atoms with Crippen molar-refractivity contribution in [1.82, 2.24) is 15.4 Å². The third-order valence-corrected chi connectivity index (χ3v) is 6.45. The second-order valence-corrected chi connectivity index (χ2v) is 8.62. The Labute approximate surface area is 169 Å². The SMILES string of the molecule is CC[C@H](C)[C@H](NS(=O)(=O)c1ccc(OC)c([C@]2(C)NC(=O)NC2=O)c1)C(=O)OC. The lowest BCUT2D eigenvalue weighted by molar-refractivity contribution is -0.143. The average molecular weight is 427 g/mol. The Morgan fingerprint density at radius 3 is 2.41 bits per heavy atom. The summed E-state index contributed by atoms with van der Waals surface area (Å²) >= 11 is 0. The number of hydrogen-bond acceptors (Lipinski definition) is 7. The Hall–Kier alpha value is -2.66. The van der Waals surface area contributed by atoms with E-state index in [9.17, 15) is 22.8 Å². The summed E-state index contributed by atoms with van der Waals surface area (Å²) < 4.78 is 38.2. The van der Waals surface area contributed by atoms with Gasteiger partial charge in [0.05, 0.1) is 19.1 Å². The molecule has 3 amide bonds. The van der Waals surface area contributed by atoms with Gasteiger partial charge in [-0.3, -0.25) is 14.9 Å². The molecular formula is C18H25N3O7S. The molecule has 29 heavy (non-hydrogen) atoms. The molecule has 1 fully saturated rings. The average Bonchev–Trinajstić information content (AvgIpc) is 2.96. The molecule has 1 aliphatic heterocycles. The van der Waals surface area contributed by atoms with E-state index >= 15 is 0 Å². The second kappa shape index (κ2) is 8.37. The molecule has 0 aliphatic carbocycles. The Bertz CT molecular complexity index is 931. The van der Waals surface area contributed by atoms with Crippen molar-refractivity contribution < 1.29 is 32.3 Å². The van der Waals surface area contributed by atoms with Gasteiger partial charge in [0.1, 0.15) is 17.3 Å². The number of esters is 1. The summed E-state index contributed by atoms with van der Waals surface area (Å²) in [5, 5.41) is 4.60. The number of ether oxygens (including phenoxy) is 2. The number of methoxy groups -OCH3 is 2. The highest BCUT2D eigenvalue weighted by Crippen LogP contribution is 2.34. The highest BCUT2D eigenvalue weighted by atomic mass is 32.2. The smallest absolute Gasteiger partial charge is 0.324 e. The van der Waals surface area contributed by atoms with E-state index in [4.69, 9.17) is 9.47 Å². The molecule has 1 heterocycles. The van der Waals surface area contributed by atoms with Gasteiger partial charge >= 0.3 is 12.0 Å². The van der Waals surface area contributed by atoms with Gasteiger partial charge in [-0.1, -0.05) is 20.3 Å². The zero-order chi connectivity index (χ0) is 22.0. The van der Waals surface area contributed by atoms with Gasteiger partial charge in [-0.25, -0.2) is 13.2 Å². The minimum Gasteiger partial charge on any atom is -0.496 e. The number of hydrogen-bond donors (Lipinski definition) is 3. The third-order valence-electron chi connectivity index (χ3n) is 5.01. The topological polar surface area (TPSA) is 140 Å². The molecule has 10 nitrogen and oxygen atoms in total. The molecule has 1 saturated heterocycles. The minimum atomic E-state index is -4.16. The molecule has 0 aromatic heterocycles. The fourth-order valence-electron chi connectivity index (χ4n) is 2.97. The maximum atomic E-state index is 13.0. The number of rotatable bonds is 8. The van der Waals surface area contributed by atoms with Crippen molar-refractivity contribution in [3.05, 3.63) is 23.8 Å². The van der Waals surface area contributed by atoms with Crippen LogP contribution >= 0.6 is 0 Å². The molecule has 0 spiro atoms.